The SMILES string of the molecule is Cc1ccc(N2C(=O)C[C@H](C(=O)Nc3ccc(N4CCCC4=O)cc3)[C@@H]2c2cccs2)cc1. The molecular weight excluding hydrogens is 434 g/mol. The summed E-state index contributed by atoms with van der Waals surface area (Å²) in [7, 11) is 0. The van der Waals surface area contributed by atoms with Crippen molar-refractivity contribution in [3.63, 3.8) is 0 Å². The molecule has 2 aliphatic heterocycles. The summed E-state index contributed by atoms with van der Waals surface area (Å²) in [5, 5.41) is 4.96. The molecule has 0 spiro atoms. The van der Waals surface area contributed by atoms with E-state index in [2.05, 4.69) is 5.32 Å². The number of carbonyl (C=O) groups is 3. The van der Waals surface area contributed by atoms with Gasteiger partial charge in [-0.15, -0.1) is 11.3 Å². The van der Waals surface area contributed by atoms with Crippen LogP contribution < -0.4 is 15.1 Å². The highest BCUT2D eigenvalue weighted by Gasteiger charge is 2.45. The Kier molecular flexibility index (Phi) is 5.72. The third kappa shape index (κ3) is 4.16. The summed E-state index contributed by atoms with van der Waals surface area (Å²) < 4.78 is 0. The van der Waals surface area contributed by atoms with Crippen molar-refractivity contribution in [2.24, 2.45) is 5.92 Å². The molecule has 1 aromatic heterocycles. The van der Waals surface area contributed by atoms with Gasteiger partial charge in [0.15, 0.2) is 0 Å². The van der Waals surface area contributed by atoms with Crippen molar-refractivity contribution < 1.29 is 14.4 Å². The molecule has 0 bridgehead atoms. The summed E-state index contributed by atoms with van der Waals surface area (Å²) in [5.41, 5.74) is 3.42. The molecular formula is C26H25N3O3S. The van der Waals surface area contributed by atoms with Gasteiger partial charge in [0.1, 0.15) is 0 Å². The number of hydrogen-bond acceptors (Lipinski definition) is 4. The number of rotatable bonds is 5. The normalized spacial score (nSPS) is 20.5. The predicted molar refractivity (Wildman–Crippen MR) is 130 cm³/mol. The van der Waals surface area contributed by atoms with E-state index in [0.717, 1.165) is 34.8 Å². The average molecular weight is 460 g/mol. The van der Waals surface area contributed by atoms with Gasteiger partial charge in [-0.05, 0) is 61.2 Å². The number of aryl methyl sites for hydroxylation is 1. The summed E-state index contributed by atoms with van der Waals surface area (Å²) in [6, 6.07) is 18.8. The lowest BCUT2D eigenvalue weighted by Gasteiger charge is -2.27. The summed E-state index contributed by atoms with van der Waals surface area (Å²) in [6.07, 6.45) is 1.60. The zero-order chi connectivity index (χ0) is 22.9. The van der Waals surface area contributed by atoms with E-state index in [1.165, 1.54) is 0 Å². The first-order valence-electron chi connectivity index (χ1n) is 11.1. The lowest BCUT2D eigenvalue weighted by atomic mass is 9.97. The molecule has 0 saturated carbocycles. The Morgan fingerprint density at radius 2 is 1.70 bits per heavy atom. The predicted octanol–water partition coefficient (Wildman–Crippen LogP) is 4.92. The molecule has 0 aliphatic carbocycles. The van der Waals surface area contributed by atoms with E-state index >= 15 is 0 Å². The van der Waals surface area contributed by atoms with Crippen molar-refractivity contribution in [3.05, 3.63) is 76.5 Å². The van der Waals surface area contributed by atoms with Gasteiger partial charge >= 0.3 is 0 Å². The number of benzene rings is 2. The Bertz CT molecular complexity index is 1170. The Morgan fingerprint density at radius 1 is 0.970 bits per heavy atom. The van der Waals surface area contributed by atoms with Gasteiger partial charge in [-0.2, -0.15) is 0 Å². The van der Waals surface area contributed by atoms with E-state index in [1.807, 2.05) is 73.0 Å². The molecule has 2 aliphatic rings. The van der Waals surface area contributed by atoms with Crippen LogP contribution in [0.15, 0.2) is 66.0 Å². The lowest BCUT2D eigenvalue weighted by molar-refractivity contribution is -0.122. The maximum atomic E-state index is 13.3. The highest BCUT2D eigenvalue weighted by Crippen LogP contribution is 2.43. The van der Waals surface area contributed by atoms with Crippen LogP contribution in [0.4, 0.5) is 17.1 Å². The van der Waals surface area contributed by atoms with Gasteiger partial charge in [0, 0.05) is 41.3 Å². The van der Waals surface area contributed by atoms with E-state index in [0.29, 0.717) is 12.1 Å². The minimum atomic E-state index is -0.503. The van der Waals surface area contributed by atoms with Crippen LogP contribution in [-0.4, -0.2) is 24.3 Å². The van der Waals surface area contributed by atoms with Crippen LogP contribution in [0.25, 0.3) is 0 Å². The number of amides is 3. The molecule has 2 saturated heterocycles. The van der Waals surface area contributed by atoms with Crippen molar-refractivity contribution in [2.75, 3.05) is 21.7 Å². The highest BCUT2D eigenvalue weighted by molar-refractivity contribution is 7.10. The van der Waals surface area contributed by atoms with Gasteiger partial charge in [0.2, 0.25) is 17.7 Å². The first-order chi connectivity index (χ1) is 16.0. The molecule has 3 aromatic rings. The molecule has 33 heavy (non-hydrogen) atoms. The Hall–Kier alpha value is -3.45. The summed E-state index contributed by atoms with van der Waals surface area (Å²) >= 11 is 1.56. The monoisotopic (exact) mass is 459 g/mol. The molecule has 2 atom stereocenters. The van der Waals surface area contributed by atoms with Gasteiger partial charge < -0.3 is 15.1 Å². The maximum Gasteiger partial charge on any atom is 0.230 e. The van der Waals surface area contributed by atoms with E-state index in [4.69, 9.17) is 0 Å². The zero-order valence-electron chi connectivity index (χ0n) is 18.4. The van der Waals surface area contributed by atoms with Crippen LogP contribution in [0.1, 0.15) is 35.7 Å². The molecule has 168 valence electrons. The number of anilines is 3. The van der Waals surface area contributed by atoms with Crippen LogP contribution in [0.5, 0.6) is 0 Å². The largest absolute Gasteiger partial charge is 0.326 e. The average Bonchev–Trinajstić information content (AvgIpc) is 3.55. The molecule has 2 aromatic carbocycles. The van der Waals surface area contributed by atoms with Crippen molar-refractivity contribution in [2.45, 2.75) is 32.2 Å². The van der Waals surface area contributed by atoms with Crippen LogP contribution in [0.3, 0.4) is 0 Å². The number of nitrogens with zero attached hydrogens (tertiary/aromatic N) is 2. The molecule has 3 heterocycles. The van der Waals surface area contributed by atoms with Gasteiger partial charge in [-0.3, -0.25) is 14.4 Å². The molecule has 1 N–H and O–H groups in total. The minimum Gasteiger partial charge on any atom is -0.326 e. The maximum absolute atomic E-state index is 13.3. The molecule has 0 radical (unpaired) electrons. The number of carbonyl (C=O) groups excluding carboxylic acids is 3. The zero-order valence-corrected chi connectivity index (χ0v) is 19.2. The van der Waals surface area contributed by atoms with Crippen molar-refractivity contribution in [3.8, 4) is 0 Å². The van der Waals surface area contributed by atoms with Crippen LogP contribution >= 0.6 is 11.3 Å². The number of thiophene rings is 1. The Balaban J connectivity index is 1.38. The minimum absolute atomic E-state index is 0.0553. The van der Waals surface area contributed by atoms with E-state index in [9.17, 15) is 14.4 Å². The van der Waals surface area contributed by atoms with Gasteiger partial charge in [-0.1, -0.05) is 23.8 Å². The number of hydrogen-bond donors (Lipinski definition) is 1. The topological polar surface area (TPSA) is 69.7 Å². The second kappa shape index (κ2) is 8.83. The molecule has 6 nitrogen and oxygen atoms in total. The quantitative estimate of drug-likeness (QED) is 0.589. The highest BCUT2D eigenvalue weighted by atomic mass is 32.1. The summed E-state index contributed by atoms with van der Waals surface area (Å²) in [6.45, 7) is 2.74. The Labute approximate surface area is 196 Å². The third-order valence-electron chi connectivity index (χ3n) is 6.33. The molecule has 2 fully saturated rings. The second-order valence-corrected chi connectivity index (χ2v) is 9.53. The van der Waals surface area contributed by atoms with Gasteiger partial charge in [-0.25, -0.2) is 0 Å². The van der Waals surface area contributed by atoms with Crippen LogP contribution in [-0.2, 0) is 14.4 Å². The fraction of sp³-hybridized carbons (Fsp3) is 0.269. The fourth-order valence-corrected chi connectivity index (χ4v) is 5.53. The summed E-state index contributed by atoms with van der Waals surface area (Å²) in [4.78, 5) is 42.9. The number of nitrogens with one attached hydrogen (secondary N) is 1. The standard InChI is InChI=1S/C26H25N3O3S/c1-17-6-10-20(11-7-17)29-24(31)16-21(25(29)22-4-3-15-33-22)26(32)27-18-8-12-19(13-9-18)28-14-2-5-23(28)30/h3-4,6-13,15,21,25H,2,5,14,16H2,1H3,(H,27,32)/t21-,25+/m0/s1. The van der Waals surface area contributed by atoms with Gasteiger partial charge in [0.05, 0.1) is 12.0 Å². The Morgan fingerprint density at radius 3 is 2.33 bits per heavy atom. The lowest BCUT2D eigenvalue weighted by Crippen LogP contribution is -2.32. The van der Waals surface area contributed by atoms with Crippen molar-refractivity contribution >= 4 is 46.1 Å². The van der Waals surface area contributed by atoms with Crippen molar-refractivity contribution in [1.29, 1.82) is 0 Å². The third-order valence-corrected chi connectivity index (χ3v) is 7.27. The smallest absolute Gasteiger partial charge is 0.230 e. The molecule has 5 rings (SSSR count). The molecule has 0 unspecified atom stereocenters. The van der Waals surface area contributed by atoms with Crippen LogP contribution in [0.2, 0.25) is 0 Å². The molecule has 3 amide bonds. The fourth-order valence-electron chi connectivity index (χ4n) is 4.65. The summed E-state index contributed by atoms with van der Waals surface area (Å²) in [5.74, 6) is -0.606. The van der Waals surface area contributed by atoms with Gasteiger partial charge in [0.25, 0.3) is 0 Å². The van der Waals surface area contributed by atoms with E-state index < -0.39 is 5.92 Å². The van der Waals surface area contributed by atoms with Crippen LogP contribution in [0, 0.1) is 12.8 Å². The van der Waals surface area contributed by atoms with E-state index in [1.54, 1.807) is 21.1 Å². The first-order valence-corrected chi connectivity index (χ1v) is 12.0. The van der Waals surface area contributed by atoms with E-state index in [-0.39, 0.29) is 30.2 Å². The second-order valence-electron chi connectivity index (χ2n) is 8.56. The first kappa shape index (κ1) is 21.4. The van der Waals surface area contributed by atoms with Crippen molar-refractivity contribution in [1.82, 2.24) is 0 Å². The molecule has 7 heteroatoms.